The van der Waals surface area contributed by atoms with E-state index >= 15 is 0 Å². The summed E-state index contributed by atoms with van der Waals surface area (Å²) in [4.78, 5) is 0. The lowest BCUT2D eigenvalue weighted by atomic mass is 10.0. The Labute approximate surface area is 179 Å². The lowest BCUT2D eigenvalue weighted by Gasteiger charge is -2.39. The molecule has 0 aliphatic rings. The highest BCUT2D eigenvalue weighted by Gasteiger charge is 2.38. The molecule has 8 heteroatoms. The van der Waals surface area contributed by atoms with Crippen LogP contribution < -0.4 is 10.0 Å². The lowest BCUT2D eigenvalue weighted by Crippen LogP contribution is -2.49. The standard InChI is InChI=1S/C21H38N2O4SSi/c1-16(27-20(2,3)4)22-18(15-26-29(8,9)21(5,6)7)19(23-28(24)25)17-13-11-10-12-14-17/h10-14,18-19,22,28H,1,15H2,2-9H3,(H,23,24,25)/t18-,19+/m1/s1. The Bertz CT molecular complexity index is 729. The molecule has 1 aromatic rings. The molecule has 1 aromatic carbocycles. The third-order valence-electron chi connectivity index (χ3n) is 5.01. The highest BCUT2D eigenvalue weighted by molar-refractivity contribution is 7.70. The van der Waals surface area contributed by atoms with Gasteiger partial charge in [0.05, 0.1) is 18.7 Å². The van der Waals surface area contributed by atoms with E-state index in [1.165, 1.54) is 0 Å². The van der Waals surface area contributed by atoms with Gasteiger partial charge in [-0.3, -0.25) is 0 Å². The number of thiol groups is 1. The average molecular weight is 443 g/mol. The van der Waals surface area contributed by atoms with E-state index in [2.05, 4.69) is 50.5 Å². The highest BCUT2D eigenvalue weighted by Crippen LogP contribution is 2.37. The van der Waals surface area contributed by atoms with Crippen molar-refractivity contribution in [1.29, 1.82) is 0 Å². The molecule has 1 rings (SSSR count). The zero-order chi connectivity index (χ0) is 22.5. The summed E-state index contributed by atoms with van der Waals surface area (Å²) in [6.07, 6.45) is 0. The van der Waals surface area contributed by atoms with E-state index in [0.717, 1.165) is 5.56 Å². The van der Waals surface area contributed by atoms with Gasteiger partial charge in [-0.2, -0.15) is 0 Å². The molecule has 0 saturated heterocycles. The predicted octanol–water partition coefficient (Wildman–Crippen LogP) is 4.11. The first-order valence-electron chi connectivity index (χ1n) is 9.86. The fourth-order valence-electron chi connectivity index (χ4n) is 2.51. The molecule has 2 N–H and O–H groups in total. The molecule has 0 unspecified atom stereocenters. The monoisotopic (exact) mass is 442 g/mol. The van der Waals surface area contributed by atoms with E-state index in [-0.39, 0.29) is 5.04 Å². The Morgan fingerprint density at radius 1 is 1.10 bits per heavy atom. The van der Waals surface area contributed by atoms with Crippen LogP contribution in [0.25, 0.3) is 0 Å². The second-order valence-electron chi connectivity index (χ2n) is 9.73. The quantitative estimate of drug-likeness (QED) is 0.289. The zero-order valence-corrected chi connectivity index (χ0v) is 20.9. The molecule has 6 nitrogen and oxygen atoms in total. The third kappa shape index (κ3) is 8.90. The predicted molar refractivity (Wildman–Crippen MR) is 123 cm³/mol. The van der Waals surface area contributed by atoms with Crippen LogP contribution >= 0.6 is 0 Å². The second-order valence-corrected chi connectivity index (χ2v) is 15.3. The summed E-state index contributed by atoms with van der Waals surface area (Å²) in [5.41, 5.74) is 0.417. The summed E-state index contributed by atoms with van der Waals surface area (Å²) in [6.45, 7) is 20.9. The van der Waals surface area contributed by atoms with Crippen LogP contribution in [0.1, 0.15) is 53.1 Å². The topological polar surface area (TPSA) is 76.7 Å². The van der Waals surface area contributed by atoms with Gasteiger partial charge in [0, 0.05) is 0 Å². The minimum atomic E-state index is -2.81. The average Bonchev–Trinajstić information content (AvgIpc) is 2.54. The Morgan fingerprint density at radius 2 is 1.66 bits per heavy atom. The van der Waals surface area contributed by atoms with Gasteiger partial charge in [0.15, 0.2) is 14.2 Å². The van der Waals surface area contributed by atoms with E-state index in [1.54, 1.807) is 0 Å². The molecule has 0 radical (unpaired) electrons. The van der Waals surface area contributed by atoms with Crippen molar-refractivity contribution in [3.8, 4) is 0 Å². The van der Waals surface area contributed by atoms with Gasteiger partial charge in [-0.25, -0.2) is 13.1 Å². The van der Waals surface area contributed by atoms with Crippen molar-refractivity contribution in [2.24, 2.45) is 0 Å². The van der Waals surface area contributed by atoms with Crippen LogP contribution in [-0.2, 0) is 20.1 Å². The third-order valence-corrected chi connectivity index (χ3v) is 10.0. The first kappa shape index (κ1) is 25.7. The van der Waals surface area contributed by atoms with Gasteiger partial charge in [0.1, 0.15) is 5.60 Å². The van der Waals surface area contributed by atoms with Crippen LogP contribution in [0.4, 0.5) is 0 Å². The molecule has 0 aliphatic heterocycles. The smallest absolute Gasteiger partial charge is 0.202 e. The minimum absolute atomic E-state index is 0.0375. The zero-order valence-electron chi connectivity index (χ0n) is 19.0. The Hall–Kier alpha value is -1.35. The molecule has 0 saturated carbocycles. The van der Waals surface area contributed by atoms with E-state index < -0.39 is 36.9 Å². The molecular weight excluding hydrogens is 404 g/mol. The van der Waals surface area contributed by atoms with Gasteiger partial charge in [-0.05, 0) is 51.0 Å². The minimum Gasteiger partial charge on any atom is -0.474 e. The normalized spacial score (nSPS) is 15.1. The second kappa shape index (κ2) is 10.1. The van der Waals surface area contributed by atoms with Crippen molar-refractivity contribution in [2.45, 2.75) is 77.4 Å². The van der Waals surface area contributed by atoms with Gasteiger partial charge in [-0.15, -0.1) is 0 Å². The van der Waals surface area contributed by atoms with Crippen LogP contribution in [0, 0.1) is 0 Å². The lowest BCUT2D eigenvalue weighted by molar-refractivity contribution is 0.0343. The van der Waals surface area contributed by atoms with Crippen LogP contribution in [0.2, 0.25) is 18.1 Å². The molecular formula is C21H38N2O4SSi. The summed E-state index contributed by atoms with van der Waals surface area (Å²) < 4.78 is 38.1. The molecule has 0 heterocycles. The fraction of sp³-hybridized carbons (Fsp3) is 0.619. The number of hydrogen-bond acceptors (Lipinski definition) is 5. The molecule has 2 atom stereocenters. The van der Waals surface area contributed by atoms with Gasteiger partial charge >= 0.3 is 0 Å². The summed E-state index contributed by atoms with van der Waals surface area (Å²) in [6, 6.07) is 8.53. The van der Waals surface area contributed by atoms with Gasteiger partial charge < -0.3 is 14.5 Å². The molecule has 0 spiro atoms. The summed E-state index contributed by atoms with van der Waals surface area (Å²) in [5, 5.41) is 3.29. The summed E-state index contributed by atoms with van der Waals surface area (Å²) in [5.74, 6) is 0.380. The Morgan fingerprint density at radius 3 is 2.10 bits per heavy atom. The Balaban J connectivity index is 3.19. The highest BCUT2D eigenvalue weighted by atomic mass is 32.2. The number of hydrogen-bond donors (Lipinski definition) is 3. The largest absolute Gasteiger partial charge is 0.474 e. The van der Waals surface area contributed by atoms with Crippen molar-refractivity contribution < 1.29 is 17.6 Å². The van der Waals surface area contributed by atoms with Crippen molar-refractivity contribution in [2.75, 3.05) is 6.61 Å². The van der Waals surface area contributed by atoms with Crippen LogP contribution in [0.15, 0.2) is 42.8 Å². The van der Waals surface area contributed by atoms with E-state index in [4.69, 9.17) is 9.16 Å². The van der Waals surface area contributed by atoms with Gasteiger partial charge in [-0.1, -0.05) is 51.1 Å². The molecule has 0 bridgehead atoms. The SMILES string of the molecule is C=C(N[C@H](CO[Si](C)(C)C(C)(C)C)[C@@H](N[SH](=O)=O)c1ccccc1)OC(C)(C)C. The first-order chi connectivity index (χ1) is 13.1. The first-order valence-corrected chi connectivity index (χ1v) is 13.9. The maximum absolute atomic E-state index is 11.6. The van der Waals surface area contributed by atoms with Crippen molar-refractivity contribution in [1.82, 2.24) is 10.0 Å². The van der Waals surface area contributed by atoms with Crippen LogP contribution in [0.3, 0.4) is 0 Å². The van der Waals surface area contributed by atoms with E-state index in [1.807, 2.05) is 51.1 Å². The van der Waals surface area contributed by atoms with Crippen molar-refractivity contribution >= 4 is 19.2 Å². The fourth-order valence-corrected chi connectivity index (χ4v) is 4.10. The van der Waals surface area contributed by atoms with Crippen molar-refractivity contribution in [3.63, 3.8) is 0 Å². The van der Waals surface area contributed by atoms with Gasteiger partial charge in [0.2, 0.25) is 10.9 Å². The maximum Gasteiger partial charge on any atom is 0.202 e. The van der Waals surface area contributed by atoms with Crippen LogP contribution in [0.5, 0.6) is 0 Å². The number of ether oxygens (including phenoxy) is 1. The molecule has 166 valence electrons. The summed E-state index contributed by atoms with van der Waals surface area (Å²) in [7, 11) is -4.86. The maximum atomic E-state index is 11.6. The molecule has 0 aliphatic carbocycles. The molecule has 29 heavy (non-hydrogen) atoms. The number of nitrogens with one attached hydrogen (secondary N) is 2. The van der Waals surface area contributed by atoms with Crippen LogP contribution in [-0.4, -0.2) is 35.0 Å². The number of rotatable bonds is 10. The molecule has 0 amide bonds. The Kier molecular flexibility index (Phi) is 8.95. The molecule has 0 fully saturated rings. The van der Waals surface area contributed by atoms with Gasteiger partial charge in [0.25, 0.3) is 0 Å². The molecule has 0 aromatic heterocycles. The number of benzene rings is 1. The van der Waals surface area contributed by atoms with E-state index in [9.17, 15) is 8.42 Å². The van der Waals surface area contributed by atoms with Crippen molar-refractivity contribution in [3.05, 3.63) is 48.4 Å². The van der Waals surface area contributed by atoms with E-state index in [0.29, 0.717) is 12.5 Å². The summed E-state index contributed by atoms with van der Waals surface area (Å²) >= 11 is 0.